The van der Waals surface area contributed by atoms with Gasteiger partial charge in [-0.2, -0.15) is 0 Å². The smallest absolute Gasteiger partial charge is 0.256 e. The number of hydrogen-bond acceptors (Lipinski definition) is 3. The van der Waals surface area contributed by atoms with Gasteiger partial charge in [-0.25, -0.2) is 0 Å². The van der Waals surface area contributed by atoms with E-state index in [1.54, 1.807) is 6.92 Å². The van der Waals surface area contributed by atoms with Crippen molar-refractivity contribution in [3.63, 3.8) is 0 Å². The number of H-pyrrole nitrogens is 1. The number of aromatic nitrogens is 1. The highest BCUT2D eigenvalue weighted by Gasteiger charge is 2.34. The Labute approximate surface area is 157 Å². The van der Waals surface area contributed by atoms with Crippen LogP contribution >= 0.6 is 0 Å². The average molecular weight is 360 g/mol. The van der Waals surface area contributed by atoms with Crippen LogP contribution < -0.4 is 0 Å². The molecule has 1 saturated carbocycles. The fraction of sp³-hybridized carbons (Fsp3) is 0.714. The molecule has 1 amide bonds. The number of aryl methyl sites for hydroxylation is 1. The van der Waals surface area contributed by atoms with Crippen molar-refractivity contribution in [3.05, 3.63) is 22.5 Å². The van der Waals surface area contributed by atoms with E-state index in [-0.39, 0.29) is 11.7 Å². The molecule has 1 N–H and O–H groups in total. The number of carbonyl (C=O) groups excluding carboxylic acids is 2. The second-order valence-electron chi connectivity index (χ2n) is 8.54. The molecule has 1 atom stereocenters. The van der Waals surface area contributed by atoms with Crippen LogP contribution in [0.4, 0.5) is 0 Å². The van der Waals surface area contributed by atoms with E-state index >= 15 is 0 Å². The van der Waals surface area contributed by atoms with Crippen LogP contribution in [-0.4, -0.2) is 58.7 Å². The molecule has 1 aromatic heterocycles. The third-order valence-electron chi connectivity index (χ3n) is 6.00. The Kier molecular flexibility index (Phi) is 5.56. The van der Waals surface area contributed by atoms with Crippen LogP contribution in [0.15, 0.2) is 0 Å². The van der Waals surface area contributed by atoms with E-state index in [1.165, 1.54) is 19.4 Å². The van der Waals surface area contributed by atoms with Crippen LogP contribution in [0.2, 0.25) is 0 Å². The van der Waals surface area contributed by atoms with Gasteiger partial charge in [-0.15, -0.1) is 0 Å². The van der Waals surface area contributed by atoms with E-state index < -0.39 is 0 Å². The highest BCUT2D eigenvalue weighted by molar-refractivity contribution is 6.02. The summed E-state index contributed by atoms with van der Waals surface area (Å²) in [7, 11) is 0. The molecule has 0 radical (unpaired) electrons. The number of nitrogens with zero attached hydrogens (tertiary/aromatic N) is 2. The van der Waals surface area contributed by atoms with Crippen molar-refractivity contribution < 1.29 is 9.59 Å². The maximum absolute atomic E-state index is 13.3. The van der Waals surface area contributed by atoms with Crippen molar-refractivity contribution in [3.8, 4) is 0 Å². The zero-order valence-corrected chi connectivity index (χ0v) is 16.9. The summed E-state index contributed by atoms with van der Waals surface area (Å²) in [5, 5.41) is 0. The van der Waals surface area contributed by atoms with E-state index in [0.717, 1.165) is 43.2 Å². The van der Waals surface area contributed by atoms with Gasteiger partial charge < -0.3 is 9.88 Å². The van der Waals surface area contributed by atoms with Gasteiger partial charge in [-0.05, 0) is 50.5 Å². The topological polar surface area (TPSA) is 56.4 Å². The number of ketones is 1. The van der Waals surface area contributed by atoms with Crippen molar-refractivity contribution in [2.75, 3.05) is 26.2 Å². The summed E-state index contributed by atoms with van der Waals surface area (Å²) in [6.07, 6.45) is 3.74. The van der Waals surface area contributed by atoms with E-state index in [9.17, 15) is 9.59 Å². The zero-order chi connectivity index (χ0) is 19.0. The summed E-state index contributed by atoms with van der Waals surface area (Å²) in [5.41, 5.74) is 2.85. The summed E-state index contributed by atoms with van der Waals surface area (Å²) in [6, 6.07) is 0.411. The fourth-order valence-electron chi connectivity index (χ4n) is 4.32. The highest BCUT2D eigenvalue weighted by atomic mass is 16.2. The largest absolute Gasteiger partial charge is 0.355 e. The van der Waals surface area contributed by atoms with Gasteiger partial charge in [0.2, 0.25) is 0 Å². The molecule has 5 heteroatoms. The molecule has 1 aliphatic carbocycles. The number of aromatic amines is 1. The SMILES string of the molecule is CC(=O)c1[nH]c(C)c(C(=O)N2CCCN(CC3CC3)[C@H](C(C)C)C2)c1C. The Morgan fingerprint density at radius 2 is 1.88 bits per heavy atom. The van der Waals surface area contributed by atoms with Crippen LogP contribution in [-0.2, 0) is 0 Å². The third kappa shape index (κ3) is 3.88. The summed E-state index contributed by atoms with van der Waals surface area (Å²) >= 11 is 0. The lowest BCUT2D eigenvalue weighted by molar-refractivity contribution is 0.0703. The van der Waals surface area contributed by atoms with Crippen LogP contribution in [0.3, 0.4) is 0 Å². The van der Waals surface area contributed by atoms with Gasteiger partial charge in [0.1, 0.15) is 0 Å². The minimum atomic E-state index is -0.0174. The van der Waals surface area contributed by atoms with Crippen LogP contribution in [0.1, 0.15) is 72.1 Å². The highest BCUT2D eigenvalue weighted by Crippen LogP contribution is 2.32. The number of hydrogen-bond donors (Lipinski definition) is 1. The molecule has 1 aliphatic heterocycles. The third-order valence-corrected chi connectivity index (χ3v) is 6.00. The minimum absolute atomic E-state index is 0.0174. The molecule has 144 valence electrons. The predicted octanol–water partition coefficient (Wildman–Crippen LogP) is 3.42. The van der Waals surface area contributed by atoms with E-state index in [2.05, 4.69) is 23.7 Å². The maximum Gasteiger partial charge on any atom is 0.256 e. The molecule has 3 rings (SSSR count). The first-order valence-electron chi connectivity index (χ1n) is 10.0. The summed E-state index contributed by atoms with van der Waals surface area (Å²) in [5.74, 6) is 1.44. The number of Topliss-reactive ketones (excluding diaryl/α,β-unsaturated/α-hetero) is 1. The van der Waals surface area contributed by atoms with E-state index in [1.807, 2.05) is 18.7 Å². The number of nitrogens with one attached hydrogen (secondary N) is 1. The number of amides is 1. The minimum Gasteiger partial charge on any atom is -0.355 e. The van der Waals surface area contributed by atoms with Gasteiger partial charge in [0.25, 0.3) is 5.91 Å². The van der Waals surface area contributed by atoms with Gasteiger partial charge >= 0.3 is 0 Å². The van der Waals surface area contributed by atoms with Crippen molar-refractivity contribution in [2.24, 2.45) is 11.8 Å². The summed E-state index contributed by atoms with van der Waals surface area (Å²) < 4.78 is 0. The maximum atomic E-state index is 13.3. The Hall–Kier alpha value is -1.62. The molecule has 0 aromatic carbocycles. The van der Waals surface area contributed by atoms with Gasteiger partial charge in [-0.3, -0.25) is 14.5 Å². The Morgan fingerprint density at radius 1 is 1.19 bits per heavy atom. The van der Waals surface area contributed by atoms with Gasteiger partial charge in [-0.1, -0.05) is 13.8 Å². The lowest BCUT2D eigenvalue weighted by Crippen LogP contribution is -2.46. The quantitative estimate of drug-likeness (QED) is 0.820. The average Bonchev–Trinajstić information content (AvgIpc) is 3.35. The second kappa shape index (κ2) is 7.55. The molecule has 1 aromatic rings. The lowest BCUT2D eigenvalue weighted by Gasteiger charge is -2.34. The second-order valence-corrected chi connectivity index (χ2v) is 8.54. The molecule has 2 fully saturated rings. The van der Waals surface area contributed by atoms with E-state index in [0.29, 0.717) is 23.2 Å². The van der Waals surface area contributed by atoms with Gasteiger partial charge in [0.05, 0.1) is 11.3 Å². The Balaban J connectivity index is 1.82. The molecule has 0 bridgehead atoms. The fourth-order valence-corrected chi connectivity index (χ4v) is 4.32. The first-order valence-corrected chi connectivity index (χ1v) is 10.0. The number of rotatable bonds is 5. The summed E-state index contributed by atoms with van der Waals surface area (Å²) in [6.45, 7) is 13.7. The zero-order valence-electron chi connectivity index (χ0n) is 16.9. The normalized spacial score (nSPS) is 21.9. The number of carbonyl (C=O) groups is 2. The van der Waals surface area contributed by atoms with Crippen molar-refractivity contribution >= 4 is 11.7 Å². The van der Waals surface area contributed by atoms with Crippen molar-refractivity contribution in [1.82, 2.24) is 14.8 Å². The molecule has 5 nitrogen and oxygen atoms in total. The van der Waals surface area contributed by atoms with Crippen molar-refractivity contribution in [2.45, 2.75) is 59.9 Å². The van der Waals surface area contributed by atoms with E-state index in [4.69, 9.17) is 0 Å². The van der Waals surface area contributed by atoms with Crippen LogP contribution in [0.5, 0.6) is 0 Å². The molecule has 2 aliphatic rings. The van der Waals surface area contributed by atoms with Crippen LogP contribution in [0, 0.1) is 25.7 Å². The molecule has 2 heterocycles. The van der Waals surface area contributed by atoms with Gasteiger partial charge in [0.15, 0.2) is 5.78 Å². The molecule has 0 spiro atoms. The van der Waals surface area contributed by atoms with Crippen molar-refractivity contribution in [1.29, 1.82) is 0 Å². The Bertz CT molecular complexity index is 688. The molecule has 1 saturated heterocycles. The first-order chi connectivity index (χ1) is 12.3. The summed E-state index contributed by atoms with van der Waals surface area (Å²) in [4.78, 5) is 32.9. The van der Waals surface area contributed by atoms with Gasteiger partial charge in [0, 0.05) is 44.8 Å². The monoisotopic (exact) mass is 359 g/mol. The molecular formula is C21H33N3O2. The molecule has 0 unspecified atom stereocenters. The first kappa shape index (κ1) is 19.2. The van der Waals surface area contributed by atoms with Crippen LogP contribution in [0.25, 0.3) is 0 Å². The Morgan fingerprint density at radius 3 is 2.42 bits per heavy atom. The molecular weight excluding hydrogens is 326 g/mol. The predicted molar refractivity (Wildman–Crippen MR) is 104 cm³/mol. The molecule has 26 heavy (non-hydrogen) atoms. The lowest BCUT2D eigenvalue weighted by atomic mass is 10.0. The standard InChI is InChI=1S/C21H33N3O2/c1-13(2)18-12-24(10-6-9-23(18)11-17-7-8-17)21(26)19-14(3)20(16(5)25)22-15(19)4/h13,17-18,22H,6-12H2,1-5H3/t18-/m0/s1.